The highest BCUT2D eigenvalue weighted by atomic mass is 16.3. The number of aliphatic hydroxyl groups is 1. The molecular weight excluding hydrogens is 264 g/mol. The zero-order valence-electron chi connectivity index (χ0n) is 12.4. The van der Waals surface area contributed by atoms with E-state index in [1.807, 2.05) is 12.1 Å². The lowest BCUT2D eigenvalue weighted by molar-refractivity contribution is 0.0290. The number of amides is 2. The van der Waals surface area contributed by atoms with Crippen molar-refractivity contribution in [3.05, 3.63) is 35.4 Å². The lowest BCUT2D eigenvalue weighted by Gasteiger charge is -2.33. The molecule has 1 saturated carbocycles. The Labute approximate surface area is 125 Å². The van der Waals surface area contributed by atoms with Crippen LogP contribution in [0.2, 0.25) is 0 Å². The van der Waals surface area contributed by atoms with Crippen LogP contribution < -0.4 is 10.6 Å². The Kier molecular flexibility index (Phi) is 4.15. The second-order valence-electron chi connectivity index (χ2n) is 6.48. The second kappa shape index (κ2) is 6.06. The van der Waals surface area contributed by atoms with Crippen molar-refractivity contribution in [1.29, 1.82) is 0 Å². The quantitative estimate of drug-likeness (QED) is 0.798. The standard InChI is InChI=1S/C17H24N2O2/c20-16(19-15-7-3-4-8-15)18-12-17(21)10-9-13-5-1-2-6-14(13)11-17/h1-2,5-6,15,21H,3-4,7-12H2,(H2,18,19,20)/t17-/m0/s1. The third-order valence-corrected chi connectivity index (χ3v) is 4.77. The maximum Gasteiger partial charge on any atom is 0.315 e. The van der Waals surface area contributed by atoms with E-state index in [0.717, 1.165) is 19.3 Å². The van der Waals surface area contributed by atoms with Crippen LogP contribution in [0.1, 0.15) is 43.2 Å². The molecule has 114 valence electrons. The Balaban J connectivity index is 1.51. The van der Waals surface area contributed by atoms with Crippen LogP contribution in [0.5, 0.6) is 0 Å². The summed E-state index contributed by atoms with van der Waals surface area (Å²) >= 11 is 0. The Morgan fingerprint density at radius 3 is 2.71 bits per heavy atom. The molecule has 2 amide bonds. The van der Waals surface area contributed by atoms with E-state index in [0.29, 0.717) is 25.4 Å². The van der Waals surface area contributed by atoms with E-state index in [2.05, 4.69) is 22.8 Å². The lowest BCUT2D eigenvalue weighted by atomic mass is 9.80. The molecule has 0 heterocycles. The first-order valence-electron chi connectivity index (χ1n) is 7.98. The monoisotopic (exact) mass is 288 g/mol. The highest BCUT2D eigenvalue weighted by molar-refractivity contribution is 5.74. The van der Waals surface area contributed by atoms with Gasteiger partial charge in [-0.3, -0.25) is 0 Å². The van der Waals surface area contributed by atoms with Gasteiger partial charge in [-0.2, -0.15) is 0 Å². The summed E-state index contributed by atoms with van der Waals surface area (Å²) in [6.45, 7) is 0.319. The summed E-state index contributed by atoms with van der Waals surface area (Å²) in [6, 6.07) is 8.40. The van der Waals surface area contributed by atoms with Crippen molar-refractivity contribution < 1.29 is 9.90 Å². The molecule has 0 saturated heterocycles. The predicted octanol–water partition coefficient (Wildman–Crippen LogP) is 2.15. The van der Waals surface area contributed by atoms with E-state index in [9.17, 15) is 9.90 Å². The smallest absolute Gasteiger partial charge is 0.315 e. The third kappa shape index (κ3) is 3.56. The summed E-state index contributed by atoms with van der Waals surface area (Å²) < 4.78 is 0. The highest BCUT2D eigenvalue weighted by Gasteiger charge is 2.32. The topological polar surface area (TPSA) is 61.4 Å². The van der Waals surface area contributed by atoms with Crippen molar-refractivity contribution in [1.82, 2.24) is 10.6 Å². The molecule has 1 aromatic carbocycles. The number of hydrogen-bond acceptors (Lipinski definition) is 2. The van der Waals surface area contributed by atoms with Crippen molar-refractivity contribution in [2.45, 2.75) is 56.6 Å². The number of rotatable bonds is 3. The summed E-state index contributed by atoms with van der Waals surface area (Å²) in [5.41, 5.74) is 1.70. The van der Waals surface area contributed by atoms with Crippen LogP contribution in [0.4, 0.5) is 4.79 Å². The van der Waals surface area contributed by atoms with Crippen LogP contribution in [0.25, 0.3) is 0 Å². The van der Waals surface area contributed by atoms with E-state index < -0.39 is 5.60 Å². The normalized spacial score (nSPS) is 25.4. The zero-order valence-corrected chi connectivity index (χ0v) is 12.4. The minimum absolute atomic E-state index is 0.144. The molecule has 1 fully saturated rings. The minimum Gasteiger partial charge on any atom is -0.388 e. The number of fused-ring (bicyclic) bond motifs is 1. The van der Waals surface area contributed by atoms with E-state index in [4.69, 9.17) is 0 Å². The van der Waals surface area contributed by atoms with Gasteiger partial charge in [0, 0.05) is 19.0 Å². The Hall–Kier alpha value is -1.55. The molecule has 0 radical (unpaired) electrons. The molecule has 0 bridgehead atoms. The van der Waals surface area contributed by atoms with Gasteiger partial charge in [0.15, 0.2) is 0 Å². The first kappa shape index (κ1) is 14.4. The van der Waals surface area contributed by atoms with Crippen molar-refractivity contribution >= 4 is 6.03 Å². The summed E-state index contributed by atoms with van der Waals surface area (Å²) in [6.07, 6.45) is 6.74. The van der Waals surface area contributed by atoms with E-state index in [-0.39, 0.29) is 6.03 Å². The zero-order chi connectivity index (χ0) is 14.7. The maximum absolute atomic E-state index is 11.9. The fourth-order valence-corrected chi connectivity index (χ4v) is 3.49. The van der Waals surface area contributed by atoms with Crippen molar-refractivity contribution in [3.8, 4) is 0 Å². The molecule has 2 aliphatic rings. The molecule has 4 nitrogen and oxygen atoms in total. The molecule has 0 aromatic heterocycles. The molecular formula is C17H24N2O2. The molecule has 0 unspecified atom stereocenters. The van der Waals surface area contributed by atoms with Gasteiger partial charge in [-0.1, -0.05) is 37.1 Å². The molecule has 3 rings (SSSR count). The largest absolute Gasteiger partial charge is 0.388 e. The number of carbonyl (C=O) groups is 1. The van der Waals surface area contributed by atoms with Crippen molar-refractivity contribution in [2.24, 2.45) is 0 Å². The Morgan fingerprint density at radius 1 is 1.24 bits per heavy atom. The molecule has 2 aliphatic carbocycles. The average Bonchev–Trinajstić information content (AvgIpc) is 2.98. The summed E-state index contributed by atoms with van der Waals surface area (Å²) in [7, 11) is 0. The number of carbonyl (C=O) groups excluding carboxylic acids is 1. The number of urea groups is 1. The second-order valence-corrected chi connectivity index (χ2v) is 6.48. The van der Waals surface area contributed by atoms with Gasteiger partial charge in [-0.05, 0) is 36.8 Å². The van der Waals surface area contributed by atoms with Crippen LogP contribution in [0.3, 0.4) is 0 Å². The van der Waals surface area contributed by atoms with Gasteiger partial charge in [-0.15, -0.1) is 0 Å². The molecule has 1 aromatic rings. The molecule has 3 N–H and O–H groups in total. The van der Waals surface area contributed by atoms with Gasteiger partial charge < -0.3 is 15.7 Å². The molecule has 4 heteroatoms. The summed E-state index contributed by atoms with van der Waals surface area (Å²) in [5.74, 6) is 0. The van der Waals surface area contributed by atoms with E-state index in [1.165, 1.54) is 24.0 Å². The van der Waals surface area contributed by atoms with Crippen molar-refractivity contribution in [2.75, 3.05) is 6.54 Å². The molecule has 0 spiro atoms. The van der Waals surface area contributed by atoms with Gasteiger partial charge in [-0.25, -0.2) is 4.79 Å². The van der Waals surface area contributed by atoms with Crippen LogP contribution >= 0.6 is 0 Å². The van der Waals surface area contributed by atoms with Crippen LogP contribution in [-0.4, -0.2) is 29.3 Å². The number of nitrogens with one attached hydrogen (secondary N) is 2. The first-order chi connectivity index (χ1) is 10.1. The van der Waals surface area contributed by atoms with Crippen LogP contribution in [0, 0.1) is 0 Å². The summed E-state index contributed by atoms with van der Waals surface area (Å²) in [5, 5.41) is 16.5. The fraction of sp³-hybridized carbons (Fsp3) is 0.588. The van der Waals surface area contributed by atoms with Gasteiger partial charge >= 0.3 is 6.03 Å². The number of hydrogen-bond donors (Lipinski definition) is 3. The van der Waals surface area contributed by atoms with Gasteiger partial charge in [0.2, 0.25) is 0 Å². The van der Waals surface area contributed by atoms with Crippen LogP contribution in [-0.2, 0) is 12.8 Å². The van der Waals surface area contributed by atoms with E-state index in [1.54, 1.807) is 0 Å². The van der Waals surface area contributed by atoms with E-state index >= 15 is 0 Å². The predicted molar refractivity (Wildman–Crippen MR) is 82.2 cm³/mol. The third-order valence-electron chi connectivity index (χ3n) is 4.77. The van der Waals surface area contributed by atoms with Gasteiger partial charge in [0.25, 0.3) is 0 Å². The summed E-state index contributed by atoms with van der Waals surface area (Å²) in [4.78, 5) is 11.9. The fourth-order valence-electron chi connectivity index (χ4n) is 3.49. The highest BCUT2D eigenvalue weighted by Crippen LogP contribution is 2.28. The number of benzene rings is 1. The average molecular weight is 288 g/mol. The SMILES string of the molecule is O=C(NC[C@]1(O)CCc2ccccc2C1)NC1CCCC1. The molecule has 0 aliphatic heterocycles. The lowest BCUT2D eigenvalue weighted by Crippen LogP contribution is -2.50. The molecule has 1 atom stereocenters. The Bertz CT molecular complexity index is 511. The van der Waals surface area contributed by atoms with Crippen LogP contribution in [0.15, 0.2) is 24.3 Å². The number of aryl methyl sites for hydroxylation is 1. The maximum atomic E-state index is 11.9. The van der Waals surface area contributed by atoms with Gasteiger partial charge in [0.05, 0.1) is 5.60 Å². The first-order valence-corrected chi connectivity index (χ1v) is 7.98. The molecule has 21 heavy (non-hydrogen) atoms. The van der Waals surface area contributed by atoms with Gasteiger partial charge in [0.1, 0.15) is 0 Å². The Morgan fingerprint density at radius 2 is 1.95 bits per heavy atom. The minimum atomic E-state index is -0.818. The van der Waals surface area contributed by atoms with Crippen molar-refractivity contribution in [3.63, 3.8) is 0 Å².